The summed E-state index contributed by atoms with van der Waals surface area (Å²) in [6.45, 7) is 3.30. The van der Waals surface area contributed by atoms with Crippen molar-refractivity contribution in [3.05, 3.63) is 53.5 Å². The van der Waals surface area contributed by atoms with Gasteiger partial charge in [-0.15, -0.1) is 0 Å². The van der Waals surface area contributed by atoms with Crippen molar-refractivity contribution in [1.29, 1.82) is 0 Å². The van der Waals surface area contributed by atoms with Crippen molar-refractivity contribution >= 4 is 5.91 Å². The van der Waals surface area contributed by atoms with Gasteiger partial charge in [-0.25, -0.2) is 9.37 Å². The Balaban J connectivity index is 1.57. The van der Waals surface area contributed by atoms with E-state index >= 15 is 0 Å². The Morgan fingerprint density at radius 3 is 2.87 bits per heavy atom. The Bertz CT molecular complexity index is 666. The van der Waals surface area contributed by atoms with Crippen LogP contribution in [0.4, 0.5) is 4.39 Å². The molecule has 122 valence electrons. The molecule has 4 nitrogen and oxygen atoms in total. The lowest BCUT2D eigenvalue weighted by atomic mass is 9.91. The fourth-order valence-electron chi connectivity index (χ4n) is 3.16. The Hall–Kier alpha value is -2.17. The Morgan fingerprint density at radius 1 is 1.39 bits per heavy atom. The van der Waals surface area contributed by atoms with Crippen LogP contribution in [-0.4, -0.2) is 28.9 Å². The summed E-state index contributed by atoms with van der Waals surface area (Å²) in [5.74, 6) is 0.558. The molecule has 1 aromatic heterocycles. The predicted molar refractivity (Wildman–Crippen MR) is 84.6 cm³/mol. The second-order valence-electron chi connectivity index (χ2n) is 6.19. The van der Waals surface area contributed by atoms with Gasteiger partial charge < -0.3 is 9.32 Å². The van der Waals surface area contributed by atoms with Crippen LogP contribution in [-0.2, 0) is 6.42 Å². The molecule has 2 aromatic rings. The first-order valence-electron chi connectivity index (χ1n) is 8.07. The van der Waals surface area contributed by atoms with Gasteiger partial charge >= 0.3 is 0 Å². The first-order valence-corrected chi connectivity index (χ1v) is 8.07. The second kappa shape index (κ2) is 6.94. The van der Waals surface area contributed by atoms with E-state index in [1.165, 1.54) is 18.5 Å². The molecule has 3 rings (SSSR count). The summed E-state index contributed by atoms with van der Waals surface area (Å²) in [4.78, 5) is 18.3. The highest BCUT2D eigenvalue weighted by Crippen LogP contribution is 2.23. The minimum Gasteiger partial charge on any atom is -0.438 e. The Morgan fingerprint density at radius 2 is 2.17 bits per heavy atom. The smallest absolute Gasteiger partial charge is 0.291 e. The molecular weight excluding hydrogens is 295 g/mol. The molecule has 1 aliphatic heterocycles. The summed E-state index contributed by atoms with van der Waals surface area (Å²) in [7, 11) is 0. The Labute approximate surface area is 135 Å². The van der Waals surface area contributed by atoms with Crippen LogP contribution in [0.3, 0.4) is 0 Å². The number of nitrogens with zero attached hydrogens (tertiary/aromatic N) is 2. The standard InChI is InChI=1S/C18H21FN2O2/c1-13-17(23-12-20-13)18(22)21-10-2-3-15(11-21)5-4-14-6-8-16(19)9-7-14/h6-9,12,15H,2-5,10-11H2,1H3/t15-/m1/s1. The quantitative estimate of drug-likeness (QED) is 0.865. The van der Waals surface area contributed by atoms with E-state index in [4.69, 9.17) is 4.42 Å². The monoisotopic (exact) mass is 316 g/mol. The van der Waals surface area contributed by atoms with Crippen molar-refractivity contribution in [2.24, 2.45) is 5.92 Å². The van der Waals surface area contributed by atoms with Crippen molar-refractivity contribution < 1.29 is 13.6 Å². The van der Waals surface area contributed by atoms with Crippen molar-refractivity contribution in [3.8, 4) is 0 Å². The number of oxazole rings is 1. The second-order valence-corrected chi connectivity index (χ2v) is 6.19. The number of hydrogen-bond donors (Lipinski definition) is 0. The van der Waals surface area contributed by atoms with Crippen LogP contribution in [0.5, 0.6) is 0 Å². The van der Waals surface area contributed by atoms with Gasteiger partial charge in [-0.2, -0.15) is 0 Å². The van der Waals surface area contributed by atoms with Gasteiger partial charge in [0.15, 0.2) is 6.39 Å². The van der Waals surface area contributed by atoms with E-state index in [1.54, 1.807) is 6.92 Å². The number of hydrogen-bond acceptors (Lipinski definition) is 3. The number of amides is 1. The minimum atomic E-state index is -0.203. The third-order valence-corrected chi connectivity index (χ3v) is 4.50. The third-order valence-electron chi connectivity index (χ3n) is 4.50. The van der Waals surface area contributed by atoms with Crippen LogP contribution >= 0.6 is 0 Å². The zero-order chi connectivity index (χ0) is 16.2. The van der Waals surface area contributed by atoms with Crippen LogP contribution in [0.25, 0.3) is 0 Å². The molecule has 5 heteroatoms. The van der Waals surface area contributed by atoms with Gasteiger partial charge in [-0.3, -0.25) is 4.79 Å². The molecule has 1 atom stereocenters. The summed E-state index contributed by atoms with van der Waals surface area (Å²) < 4.78 is 18.1. The zero-order valence-electron chi connectivity index (χ0n) is 13.3. The molecule has 1 amide bonds. The highest BCUT2D eigenvalue weighted by molar-refractivity contribution is 5.92. The maximum atomic E-state index is 12.9. The number of halogens is 1. The minimum absolute atomic E-state index is 0.0634. The lowest BCUT2D eigenvalue weighted by molar-refractivity contribution is 0.0635. The first-order chi connectivity index (χ1) is 11.1. The average Bonchev–Trinajstić information content (AvgIpc) is 3.00. The SMILES string of the molecule is Cc1ncoc1C(=O)N1CCC[C@H](CCc2ccc(F)cc2)C1. The molecule has 1 aliphatic rings. The van der Waals surface area contributed by atoms with E-state index < -0.39 is 0 Å². The lowest BCUT2D eigenvalue weighted by Gasteiger charge is -2.32. The fraction of sp³-hybridized carbons (Fsp3) is 0.444. The van der Waals surface area contributed by atoms with Crippen molar-refractivity contribution in [3.63, 3.8) is 0 Å². The number of aryl methyl sites for hydroxylation is 2. The molecule has 2 heterocycles. The van der Waals surface area contributed by atoms with Crippen molar-refractivity contribution in [2.45, 2.75) is 32.6 Å². The van der Waals surface area contributed by atoms with Crippen LogP contribution in [0.15, 0.2) is 35.1 Å². The van der Waals surface area contributed by atoms with Gasteiger partial charge in [0.2, 0.25) is 5.76 Å². The summed E-state index contributed by atoms with van der Waals surface area (Å²) in [5.41, 5.74) is 1.78. The third kappa shape index (κ3) is 3.78. The maximum Gasteiger partial charge on any atom is 0.291 e. The number of aromatic nitrogens is 1. The molecule has 0 N–H and O–H groups in total. The average molecular weight is 316 g/mol. The molecular formula is C18H21FN2O2. The van der Waals surface area contributed by atoms with Gasteiger partial charge in [0, 0.05) is 13.1 Å². The molecule has 1 saturated heterocycles. The molecule has 1 fully saturated rings. The highest BCUT2D eigenvalue weighted by atomic mass is 19.1. The molecule has 0 bridgehead atoms. The lowest BCUT2D eigenvalue weighted by Crippen LogP contribution is -2.40. The molecule has 0 unspecified atom stereocenters. The van der Waals surface area contributed by atoms with E-state index in [9.17, 15) is 9.18 Å². The van der Waals surface area contributed by atoms with Crippen LogP contribution in [0.1, 0.15) is 41.1 Å². The largest absolute Gasteiger partial charge is 0.438 e. The predicted octanol–water partition coefficient (Wildman–Crippen LogP) is 3.61. The number of piperidine rings is 1. The highest BCUT2D eigenvalue weighted by Gasteiger charge is 2.27. The molecule has 0 radical (unpaired) electrons. The van der Waals surface area contributed by atoms with Crippen molar-refractivity contribution in [1.82, 2.24) is 9.88 Å². The summed E-state index contributed by atoms with van der Waals surface area (Å²) in [6.07, 6.45) is 5.37. The number of carbonyl (C=O) groups is 1. The van der Waals surface area contributed by atoms with E-state index in [0.29, 0.717) is 17.4 Å². The van der Waals surface area contributed by atoms with E-state index in [2.05, 4.69) is 4.98 Å². The van der Waals surface area contributed by atoms with Crippen LogP contribution in [0, 0.1) is 18.7 Å². The zero-order valence-corrected chi connectivity index (χ0v) is 13.3. The van der Waals surface area contributed by atoms with Gasteiger partial charge in [-0.1, -0.05) is 12.1 Å². The molecule has 1 aromatic carbocycles. The number of likely N-dealkylation sites (tertiary alicyclic amines) is 1. The number of rotatable bonds is 4. The van der Waals surface area contributed by atoms with Crippen LogP contribution < -0.4 is 0 Å². The summed E-state index contributed by atoms with van der Waals surface area (Å²) >= 11 is 0. The molecule has 23 heavy (non-hydrogen) atoms. The van der Waals surface area contributed by atoms with Gasteiger partial charge in [0.05, 0.1) is 5.69 Å². The molecule has 0 saturated carbocycles. The van der Waals surface area contributed by atoms with E-state index in [0.717, 1.165) is 44.3 Å². The van der Waals surface area contributed by atoms with Crippen LogP contribution in [0.2, 0.25) is 0 Å². The Kier molecular flexibility index (Phi) is 4.74. The number of carbonyl (C=O) groups excluding carboxylic acids is 1. The van der Waals surface area contributed by atoms with E-state index in [1.807, 2.05) is 17.0 Å². The summed E-state index contributed by atoms with van der Waals surface area (Å²) in [5, 5.41) is 0. The molecule has 0 aliphatic carbocycles. The van der Waals surface area contributed by atoms with Gasteiger partial charge in [0.25, 0.3) is 5.91 Å². The maximum absolute atomic E-state index is 12.9. The van der Waals surface area contributed by atoms with E-state index in [-0.39, 0.29) is 11.7 Å². The van der Waals surface area contributed by atoms with Gasteiger partial charge in [0.1, 0.15) is 5.82 Å². The summed E-state index contributed by atoms with van der Waals surface area (Å²) in [6, 6.07) is 6.66. The number of benzene rings is 1. The molecule has 0 spiro atoms. The first kappa shape index (κ1) is 15.7. The topological polar surface area (TPSA) is 46.3 Å². The fourth-order valence-corrected chi connectivity index (χ4v) is 3.16. The van der Waals surface area contributed by atoms with Gasteiger partial charge in [-0.05, 0) is 56.2 Å². The van der Waals surface area contributed by atoms with Crippen molar-refractivity contribution in [2.75, 3.05) is 13.1 Å². The normalized spacial score (nSPS) is 18.2.